The first-order valence-electron chi connectivity index (χ1n) is 11.3. The maximum atomic E-state index is 13.9. The Morgan fingerprint density at radius 1 is 0.818 bits per heavy atom. The van der Waals surface area contributed by atoms with Gasteiger partial charge in [-0.05, 0) is 48.9 Å². The minimum atomic E-state index is -0.187. The number of hydrogen-bond donors (Lipinski definition) is 0. The number of carbonyl (C=O) groups is 2. The molecular formula is C27H30N4O2. The van der Waals surface area contributed by atoms with Crippen LogP contribution in [-0.2, 0) is 9.59 Å². The molecule has 2 aliphatic heterocycles. The van der Waals surface area contributed by atoms with Gasteiger partial charge in [0.15, 0.2) is 0 Å². The molecule has 6 nitrogen and oxygen atoms in total. The monoisotopic (exact) mass is 442 g/mol. The standard InChI is InChI=1S/C27H30N4O2/c1-7-17(4)15-31-25(21-11-9-19(6)13-29-21)23-22(27(31)33)24(20-10-8-18(5)12-28-20)30(26(23)32)14-16(2)3/h7-13,16-17H,1,14-15H2,2-6H3. The number of pyridine rings is 2. The predicted octanol–water partition coefficient (Wildman–Crippen LogP) is 4.38. The number of carbonyl (C=O) groups excluding carboxylic acids is 2. The van der Waals surface area contributed by atoms with Crippen molar-refractivity contribution in [2.24, 2.45) is 11.8 Å². The molecule has 170 valence electrons. The Hall–Kier alpha value is -3.54. The molecule has 2 amide bonds. The predicted molar refractivity (Wildman–Crippen MR) is 129 cm³/mol. The molecule has 1 unspecified atom stereocenters. The summed E-state index contributed by atoms with van der Waals surface area (Å²) in [6, 6.07) is 7.66. The van der Waals surface area contributed by atoms with Gasteiger partial charge in [0.25, 0.3) is 11.8 Å². The molecule has 6 heteroatoms. The Balaban J connectivity index is 1.99. The first kappa shape index (κ1) is 22.6. The van der Waals surface area contributed by atoms with Crippen LogP contribution in [0.4, 0.5) is 0 Å². The Morgan fingerprint density at radius 3 is 1.64 bits per heavy atom. The van der Waals surface area contributed by atoms with Gasteiger partial charge in [-0.25, -0.2) is 0 Å². The maximum absolute atomic E-state index is 13.9. The van der Waals surface area contributed by atoms with Crippen molar-refractivity contribution in [2.75, 3.05) is 13.1 Å². The van der Waals surface area contributed by atoms with Crippen LogP contribution in [0, 0.1) is 25.7 Å². The summed E-state index contributed by atoms with van der Waals surface area (Å²) in [5, 5.41) is 0. The van der Waals surface area contributed by atoms with Crippen molar-refractivity contribution in [2.45, 2.75) is 34.6 Å². The first-order chi connectivity index (χ1) is 15.7. The molecule has 0 aliphatic carbocycles. The molecule has 0 N–H and O–H groups in total. The Labute approximate surface area is 195 Å². The molecule has 0 fully saturated rings. The lowest BCUT2D eigenvalue weighted by Gasteiger charge is -2.26. The van der Waals surface area contributed by atoms with E-state index >= 15 is 0 Å². The second kappa shape index (κ2) is 8.77. The van der Waals surface area contributed by atoms with Crippen LogP contribution < -0.4 is 0 Å². The van der Waals surface area contributed by atoms with Crippen LogP contribution in [0.2, 0.25) is 0 Å². The molecule has 0 aromatic carbocycles. The zero-order valence-corrected chi connectivity index (χ0v) is 19.9. The highest BCUT2D eigenvalue weighted by molar-refractivity contribution is 6.30. The molecule has 0 saturated heterocycles. The van der Waals surface area contributed by atoms with E-state index in [0.717, 1.165) is 11.1 Å². The fourth-order valence-corrected chi connectivity index (χ4v) is 4.22. The van der Waals surface area contributed by atoms with Crippen molar-refractivity contribution >= 4 is 23.2 Å². The summed E-state index contributed by atoms with van der Waals surface area (Å²) in [6.07, 6.45) is 5.34. The SMILES string of the molecule is C=CC(C)CN1C(=O)C2=C(c3ccc(C)cn3)N(CC(C)C)C(=O)C2=C1c1ccc(C)cn1. The van der Waals surface area contributed by atoms with Crippen LogP contribution in [0.1, 0.15) is 43.3 Å². The van der Waals surface area contributed by atoms with E-state index in [4.69, 9.17) is 0 Å². The second-order valence-electron chi connectivity index (χ2n) is 9.33. The highest BCUT2D eigenvalue weighted by atomic mass is 16.2. The second-order valence-corrected chi connectivity index (χ2v) is 9.33. The Bertz CT molecular complexity index is 1170. The van der Waals surface area contributed by atoms with Gasteiger partial charge in [0, 0.05) is 25.5 Å². The molecule has 33 heavy (non-hydrogen) atoms. The molecule has 2 aliphatic rings. The lowest BCUT2D eigenvalue weighted by Crippen LogP contribution is -2.33. The summed E-state index contributed by atoms with van der Waals surface area (Å²) >= 11 is 0. The van der Waals surface area contributed by atoms with E-state index in [-0.39, 0.29) is 23.7 Å². The van der Waals surface area contributed by atoms with Gasteiger partial charge in [-0.3, -0.25) is 19.6 Å². The number of rotatable bonds is 7. The normalized spacial score (nSPS) is 16.9. The van der Waals surface area contributed by atoms with E-state index in [1.54, 1.807) is 22.2 Å². The van der Waals surface area contributed by atoms with Gasteiger partial charge < -0.3 is 9.80 Å². The quantitative estimate of drug-likeness (QED) is 0.597. The number of hydrogen-bond acceptors (Lipinski definition) is 4. The molecule has 4 heterocycles. The molecular weight excluding hydrogens is 412 g/mol. The highest BCUT2D eigenvalue weighted by Gasteiger charge is 2.49. The van der Waals surface area contributed by atoms with E-state index in [9.17, 15) is 9.59 Å². The molecule has 2 aromatic heterocycles. The third-order valence-electron chi connectivity index (χ3n) is 5.91. The number of nitrogens with zero attached hydrogens (tertiary/aromatic N) is 4. The Morgan fingerprint density at radius 2 is 1.27 bits per heavy atom. The van der Waals surface area contributed by atoms with Crippen LogP contribution in [0.3, 0.4) is 0 Å². The average molecular weight is 443 g/mol. The topological polar surface area (TPSA) is 66.4 Å². The van der Waals surface area contributed by atoms with Crippen LogP contribution in [0.15, 0.2) is 60.5 Å². The number of aryl methyl sites for hydroxylation is 2. The van der Waals surface area contributed by atoms with Gasteiger partial charge in [-0.2, -0.15) is 0 Å². The molecule has 0 bridgehead atoms. The number of aromatic nitrogens is 2. The minimum absolute atomic E-state index is 0.0530. The summed E-state index contributed by atoms with van der Waals surface area (Å²) < 4.78 is 0. The van der Waals surface area contributed by atoms with Crippen LogP contribution >= 0.6 is 0 Å². The van der Waals surface area contributed by atoms with Crippen LogP contribution in [0.5, 0.6) is 0 Å². The lowest BCUT2D eigenvalue weighted by molar-refractivity contribution is -0.124. The number of fused-ring (bicyclic) bond motifs is 1. The van der Waals surface area contributed by atoms with Gasteiger partial charge >= 0.3 is 0 Å². The molecule has 2 aromatic rings. The van der Waals surface area contributed by atoms with Crippen molar-refractivity contribution in [1.29, 1.82) is 0 Å². The summed E-state index contributed by atoms with van der Waals surface area (Å²) in [5.74, 6) is -0.0803. The summed E-state index contributed by atoms with van der Waals surface area (Å²) in [4.78, 5) is 40.3. The van der Waals surface area contributed by atoms with Crippen LogP contribution in [0.25, 0.3) is 11.4 Å². The third-order valence-corrected chi connectivity index (χ3v) is 5.91. The van der Waals surface area contributed by atoms with Gasteiger partial charge in [-0.1, -0.05) is 39.0 Å². The van der Waals surface area contributed by atoms with Gasteiger partial charge in [0.2, 0.25) is 0 Å². The summed E-state index contributed by atoms with van der Waals surface area (Å²) in [5.41, 5.74) is 5.28. The lowest BCUT2D eigenvalue weighted by atomic mass is 10.1. The first-order valence-corrected chi connectivity index (χ1v) is 11.3. The number of amides is 2. The van der Waals surface area contributed by atoms with Crippen molar-refractivity contribution in [3.05, 3.63) is 83.0 Å². The maximum Gasteiger partial charge on any atom is 0.261 e. The molecule has 1 atom stereocenters. The minimum Gasteiger partial charge on any atom is -0.305 e. The van der Waals surface area contributed by atoms with E-state index < -0.39 is 0 Å². The van der Waals surface area contributed by atoms with Crippen molar-refractivity contribution < 1.29 is 9.59 Å². The fourth-order valence-electron chi connectivity index (χ4n) is 4.22. The summed E-state index contributed by atoms with van der Waals surface area (Å²) in [6.45, 7) is 14.8. The molecule has 0 radical (unpaired) electrons. The largest absolute Gasteiger partial charge is 0.305 e. The van der Waals surface area contributed by atoms with Crippen molar-refractivity contribution in [1.82, 2.24) is 19.8 Å². The van der Waals surface area contributed by atoms with E-state index in [1.165, 1.54) is 0 Å². The Kier molecular flexibility index (Phi) is 6.02. The van der Waals surface area contributed by atoms with Crippen molar-refractivity contribution in [3.8, 4) is 0 Å². The van der Waals surface area contributed by atoms with Gasteiger partial charge in [0.05, 0.1) is 33.9 Å². The van der Waals surface area contributed by atoms with Crippen molar-refractivity contribution in [3.63, 3.8) is 0 Å². The zero-order chi connectivity index (χ0) is 23.9. The summed E-state index contributed by atoms with van der Waals surface area (Å²) in [7, 11) is 0. The third kappa shape index (κ3) is 4.01. The van der Waals surface area contributed by atoms with E-state index in [2.05, 4.69) is 30.4 Å². The molecule has 0 spiro atoms. The smallest absolute Gasteiger partial charge is 0.261 e. The highest BCUT2D eigenvalue weighted by Crippen LogP contribution is 2.46. The zero-order valence-electron chi connectivity index (χ0n) is 19.9. The van der Waals surface area contributed by atoms with Gasteiger partial charge in [0.1, 0.15) is 0 Å². The molecule has 4 rings (SSSR count). The molecule has 0 saturated carbocycles. The van der Waals surface area contributed by atoms with Gasteiger partial charge in [-0.15, -0.1) is 6.58 Å². The van der Waals surface area contributed by atoms with Crippen LogP contribution in [-0.4, -0.2) is 44.7 Å². The average Bonchev–Trinajstić information content (AvgIpc) is 3.21. The van der Waals surface area contributed by atoms with E-state index in [0.29, 0.717) is 47.0 Å². The fraction of sp³-hybridized carbons (Fsp3) is 0.333. The van der Waals surface area contributed by atoms with E-state index in [1.807, 2.05) is 51.1 Å².